The molecule has 2 aliphatic heterocycles. The summed E-state index contributed by atoms with van der Waals surface area (Å²) in [6.07, 6.45) is 0.826. The van der Waals surface area contributed by atoms with Gasteiger partial charge >= 0.3 is 0 Å². The van der Waals surface area contributed by atoms with Gasteiger partial charge in [-0.2, -0.15) is 0 Å². The van der Waals surface area contributed by atoms with Crippen LogP contribution in [0, 0.1) is 0 Å². The van der Waals surface area contributed by atoms with Crippen molar-refractivity contribution in [1.29, 1.82) is 0 Å². The summed E-state index contributed by atoms with van der Waals surface area (Å²) in [7, 11) is 0. The molecule has 0 aliphatic carbocycles. The average Bonchev–Trinajstić information content (AvgIpc) is 2.69. The van der Waals surface area contributed by atoms with E-state index in [2.05, 4.69) is 25.9 Å². The molecule has 0 atom stereocenters. The Kier molecular flexibility index (Phi) is 2.83. The van der Waals surface area contributed by atoms with Crippen LogP contribution in [0.5, 0.6) is 0 Å². The van der Waals surface area contributed by atoms with Crippen molar-refractivity contribution in [1.82, 2.24) is 10.4 Å². The monoisotopic (exact) mass is 182 g/mol. The zero-order valence-corrected chi connectivity index (χ0v) is 7.39. The van der Waals surface area contributed by atoms with Crippen LogP contribution in [0.1, 0.15) is 6.42 Å². The highest BCUT2D eigenvalue weighted by molar-refractivity contribution is 5.83. The molecule has 1 fully saturated rings. The van der Waals surface area contributed by atoms with Gasteiger partial charge in [0.25, 0.3) is 0 Å². The van der Waals surface area contributed by atoms with Gasteiger partial charge in [-0.1, -0.05) is 0 Å². The Morgan fingerprint density at radius 2 is 2.15 bits per heavy atom. The standard InChI is InChI=1S/C7H12N5O/c1(7-8-10-11-9-7)2-12-3-5-13-6-4-12/h1-6H2. The molecule has 0 unspecified atom stereocenters. The third-order valence-electron chi connectivity index (χ3n) is 2.12. The van der Waals surface area contributed by atoms with Gasteiger partial charge < -0.3 is 4.74 Å². The van der Waals surface area contributed by atoms with Gasteiger partial charge in [0, 0.05) is 26.1 Å². The van der Waals surface area contributed by atoms with Gasteiger partial charge in [0.15, 0.2) is 5.84 Å². The Hall–Kier alpha value is -1.01. The summed E-state index contributed by atoms with van der Waals surface area (Å²) in [5.41, 5.74) is 3.43. The second kappa shape index (κ2) is 4.29. The molecule has 1 radical (unpaired) electrons. The normalized spacial score (nSPS) is 22.9. The highest BCUT2D eigenvalue weighted by atomic mass is 16.5. The molecule has 2 aliphatic rings. The Balaban J connectivity index is 1.69. The highest BCUT2D eigenvalue weighted by Gasteiger charge is 2.12. The van der Waals surface area contributed by atoms with E-state index in [1.807, 2.05) is 0 Å². The SMILES string of the molecule is C1CN(CCC2=N[N]N=N2)CCO1. The van der Waals surface area contributed by atoms with E-state index in [0.29, 0.717) is 0 Å². The average molecular weight is 182 g/mol. The molecule has 0 aromatic heterocycles. The minimum absolute atomic E-state index is 0.728. The summed E-state index contributed by atoms with van der Waals surface area (Å²) in [4.78, 5) is 2.33. The van der Waals surface area contributed by atoms with E-state index in [4.69, 9.17) is 4.74 Å². The molecule has 0 spiro atoms. The van der Waals surface area contributed by atoms with Crippen LogP contribution in [-0.4, -0.2) is 43.6 Å². The number of amidine groups is 1. The van der Waals surface area contributed by atoms with E-state index in [-0.39, 0.29) is 0 Å². The van der Waals surface area contributed by atoms with Gasteiger partial charge in [0.05, 0.1) is 13.2 Å². The number of morpholine rings is 1. The van der Waals surface area contributed by atoms with Crippen molar-refractivity contribution < 1.29 is 4.74 Å². The Morgan fingerprint density at radius 1 is 1.31 bits per heavy atom. The smallest absolute Gasteiger partial charge is 0.178 e. The fourth-order valence-electron chi connectivity index (χ4n) is 1.35. The Morgan fingerprint density at radius 3 is 2.85 bits per heavy atom. The van der Waals surface area contributed by atoms with Gasteiger partial charge in [0.2, 0.25) is 0 Å². The molecule has 2 heterocycles. The molecule has 6 heteroatoms. The number of ether oxygens (including phenoxy) is 1. The van der Waals surface area contributed by atoms with Gasteiger partial charge in [-0.05, 0) is 10.8 Å². The molecule has 1 saturated heterocycles. The van der Waals surface area contributed by atoms with Crippen molar-refractivity contribution in [3.63, 3.8) is 0 Å². The second-order valence-corrected chi connectivity index (χ2v) is 3.00. The van der Waals surface area contributed by atoms with Crippen molar-refractivity contribution in [3.05, 3.63) is 0 Å². The van der Waals surface area contributed by atoms with Gasteiger partial charge in [-0.15, -0.1) is 10.2 Å². The third kappa shape index (κ3) is 2.46. The Bertz CT molecular complexity index is 221. The molecule has 71 valence electrons. The summed E-state index contributed by atoms with van der Waals surface area (Å²) in [5.74, 6) is 0.728. The van der Waals surface area contributed by atoms with Crippen LogP contribution < -0.4 is 5.53 Å². The molecular weight excluding hydrogens is 170 g/mol. The quantitative estimate of drug-likeness (QED) is 0.617. The van der Waals surface area contributed by atoms with Crippen molar-refractivity contribution in [3.8, 4) is 0 Å². The van der Waals surface area contributed by atoms with E-state index in [9.17, 15) is 0 Å². The van der Waals surface area contributed by atoms with Gasteiger partial charge in [-0.3, -0.25) is 4.90 Å². The van der Waals surface area contributed by atoms with Crippen molar-refractivity contribution >= 4 is 5.84 Å². The zero-order chi connectivity index (χ0) is 8.93. The van der Waals surface area contributed by atoms with Crippen LogP contribution in [0.2, 0.25) is 0 Å². The maximum atomic E-state index is 5.24. The largest absolute Gasteiger partial charge is 0.379 e. The van der Waals surface area contributed by atoms with Crippen LogP contribution >= 0.6 is 0 Å². The summed E-state index contributed by atoms with van der Waals surface area (Å²) < 4.78 is 5.24. The van der Waals surface area contributed by atoms with Crippen molar-refractivity contribution in [2.45, 2.75) is 6.42 Å². The van der Waals surface area contributed by atoms with Crippen molar-refractivity contribution in [2.75, 3.05) is 32.8 Å². The molecule has 2 rings (SSSR count). The lowest BCUT2D eigenvalue weighted by atomic mass is 10.3. The molecular formula is C7H12N5O. The molecule has 0 amide bonds. The minimum Gasteiger partial charge on any atom is -0.379 e. The maximum Gasteiger partial charge on any atom is 0.178 e. The lowest BCUT2D eigenvalue weighted by Crippen LogP contribution is -2.37. The van der Waals surface area contributed by atoms with E-state index >= 15 is 0 Å². The molecule has 0 aromatic rings. The number of nitrogens with zero attached hydrogens (tertiary/aromatic N) is 5. The first-order chi connectivity index (χ1) is 6.45. The summed E-state index contributed by atoms with van der Waals surface area (Å²) >= 11 is 0. The second-order valence-electron chi connectivity index (χ2n) is 3.00. The van der Waals surface area contributed by atoms with E-state index < -0.39 is 0 Å². The van der Waals surface area contributed by atoms with Crippen LogP contribution in [0.15, 0.2) is 15.4 Å². The van der Waals surface area contributed by atoms with Crippen LogP contribution in [0.4, 0.5) is 0 Å². The third-order valence-corrected chi connectivity index (χ3v) is 2.12. The first kappa shape index (κ1) is 8.58. The number of hydrogen-bond acceptors (Lipinski definition) is 5. The topological polar surface area (TPSA) is 63.7 Å². The molecule has 0 aromatic carbocycles. The predicted molar refractivity (Wildman–Crippen MR) is 46.3 cm³/mol. The molecule has 0 bridgehead atoms. The zero-order valence-electron chi connectivity index (χ0n) is 7.39. The summed E-state index contributed by atoms with van der Waals surface area (Å²) in [6, 6.07) is 0. The highest BCUT2D eigenvalue weighted by Crippen LogP contribution is 2.02. The van der Waals surface area contributed by atoms with Crippen LogP contribution in [0.25, 0.3) is 0 Å². The maximum absolute atomic E-state index is 5.24. The molecule has 6 nitrogen and oxygen atoms in total. The fourth-order valence-corrected chi connectivity index (χ4v) is 1.35. The van der Waals surface area contributed by atoms with Gasteiger partial charge in [0.1, 0.15) is 0 Å². The predicted octanol–water partition coefficient (Wildman–Crippen LogP) is 0.00740. The van der Waals surface area contributed by atoms with E-state index in [1.54, 1.807) is 0 Å². The summed E-state index contributed by atoms with van der Waals surface area (Å²) in [5, 5.41) is 11.0. The first-order valence-electron chi connectivity index (χ1n) is 4.43. The lowest BCUT2D eigenvalue weighted by Gasteiger charge is -2.25. The fraction of sp³-hybridized carbons (Fsp3) is 0.857. The minimum atomic E-state index is 0.728. The van der Waals surface area contributed by atoms with Gasteiger partial charge in [-0.25, -0.2) is 0 Å². The lowest BCUT2D eigenvalue weighted by molar-refractivity contribution is 0.0392. The van der Waals surface area contributed by atoms with E-state index in [0.717, 1.165) is 45.1 Å². The van der Waals surface area contributed by atoms with Crippen LogP contribution in [0.3, 0.4) is 0 Å². The molecule has 13 heavy (non-hydrogen) atoms. The molecule has 0 N–H and O–H groups in total. The molecule has 0 saturated carbocycles. The number of rotatable bonds is 3. The number of hydrogen-bond donors (Lipinski definition) is 0. The Labute approximate surface area is 76.6 Å². The summed E-state index contributed by atoms with van der Waals surface area (Å²) in [6.45, 7) is 4.64. The van der Waals surface area contributed by atoms with Crippen molar-refractivity contribution in [2.24, 2.45) is 15.4 Å². The first-order valence-corrected chi connectivity index (χ1v) is 4.43. The van der Waals surface area contributed by atoms with Crippen LogP contribution in [-0.2, 0) is 4.74 Å². The van der Waals surface area contributed by atoms with E-state index in [1.165, 1.54) is 0 Å².